The van der Waals surface area contributed by atoms with Crippen molar-refractivity contribution in [2.24, 2.45) is 16.6 Å². The number of halogens is 5. The molecule has 9 heteroatoms. The number of benzene rings is 1. The van der Waals surface area contributed by atoms with Crippen LogP contribution in [0.15, 0.2) is 23.2 Å². The summed E-state index contributed by atoms with van der Waals surface area (Å²) in [5, 5.41) is 2.54. The maximum atomic E-state index is 13.6. The van der Waals surface area contributed by atoms with E-state index in [-0.39, 0.29) is 36.6 Å². The molecule has 1 aliphatic heterocycles. The summed E-state index contributed by atoms with van der Waals surface area (Å²) >= 11 is 0. The smallest absolute Gasteiger partial charge is 0.370 e. The third kappa shape index (κ3) is 4.44. The van der Waals surface area contributed by atoms with Crippen molar-refractivity contribution < 1.29 is 22.0 Å². The molecule has 0 amide bonds. The lowest BCUT2D eigenvalue weighted by molar-refractivity contribution is -0.187. The molecule has 1 aromatic carbocycles. The summed E-state index contributed by atoms with van der Waals surface area (Å²) in [4.78, 5) is 6.31. The Morgan fingerprint density at radius 1 is 1.15 bits per heavy atom. The maximum absolute atomic E-state index is 13.6. The zero-order valence-electron chi connectivity index (χ0n) is 14.1. The predicted octanol–water partition coefficient (Wildman–Crippen LogP) is 3.50. The molecule has 1 aromatic rings. The van der Waals surface area contributed by atoms with Gasteiger partial charge < -0.3 is 16.0 Å². The first kappa shape index (κ1) is 18.9. The maximum Gasteiger partial charge on any atom is 0.391 e. The molecule has 1 saturated heterocycles. The van der Waals surface area contributed by atoms with E-state index >= 15 is 0 Å². The fourth-order valence-corrected chi connectivity index (χ4v) is 3.51. The van der Waals surface area contributed by atoms with Crippen LogP contribution < -0.4 is 11.1 Å². The Balaban J connectivity index is 1.46. The van der Waals surface area contributed by atoms with Crippen molar-refractivity contribution in [3.05, 3.63) is 29.8 Å². The number of guanidine groups is 1. The SMILES string of the molecule is NC(=NC1CC(N2CCC(C(F)(F)F)CC2)C1)Nc1cc(F)ccc1F. The first-order chi connectivity index (χ1) is 12.2. The van der Waals surface area contributed by atoms with Gasteiger partial charge in [0.2, 0.25) is 0 Å². The minimum absolute atomic E-state index is 0.00581. The number of anilines is 1. The van der Waals surface area contributed by atoms with Gasteiger partial charge in [-0.1, -0.05) is 0 Å². The lowest BCUT2D eigenvalue weighted by Crippen LogP contribution is -2.51. The third-order valence-corrected chi connectivity index (χ3v) is 5.11. The highest BCUT2D eigenvalue weighted by Gasteiger charge is 2.43. The van der Waals surface area contributed by atoms with Gasteiger partial charge in [-0.25, -0.2) is 13.8 Å². The number of nitrogens with zero attached hydrogens (tertiary/aromatic N) is 2. The number of rotatable bonds is 3. The van der Waals surface area contributed by atoms with Crippen LogP contribution in [-0.2, 0) is 0 Å². The number of likely N-dealkylation sites (tertiary alicyclic amines) is 1. The van der Waals surface area contributed by atoms with Crippen LogP contribution in [0.1, 0.15) is 25.7 Å². The van der Waals surface area contributed by atoms with Crippen molar-refractivity contribution in [2.45, 2.75) is 43.9 Å². The van der Waals surface area contributed by atoms with Crippen molar-refractivity contribution in [1.29, 1.82) is 0 Å². The fourth-order valence-electron chi connectivity index (χ4n) is 3.51. The van der Waals surface area contributed by atoms with Crippen LogP contribution in [-0.4, -0.2) is 42.2 Å². The Kier molecular flexibility index (Phi) is 5.36. The second-order valence-electron chi connectivity index (χ2n) is 6.89. The molecule has 4 nitrogen and oxygen atoms in total. The van der Waals surface area contributed by atoms with Gasteiger partial charge in [0.15, 0.2) is 5.96 Å². The van der Waals surface area contributed by atoms with Gasteiger partial charge >= 0.3 is 6.18 Å². The molecule has 1 aliphatic carbocycles. The van der Waals surface area contributed by atoms with Crippen molar-refractivity contribution in [3.8, 4) is 0 Å². The highest BCUT2D eigenvalue weighted by molar-refractivity contribution is 5.92. The second-order valence-corrected chi connectivity index (χ2v) is 6.89. The van der Waals surface area contributed by atoms with E-state index in [1.807, 2.05) is 0 Å². The van der Waals surface area contributed by atoms with Gasteiger partial charge in [-0.05, 0) is 50.9 Å². The molecule has 0 bridgehead atoms. The molecule has 2 fully saturated rings. The number of aliphatic imine (C=N–C) groups is 1. The van der Waals surface area contributed by atoms with Gasteiger partial charge in [0.1, 0.15) is 11.6 Å². The Hall–Kier alpha value is -1.90. The summed E-state index contributed by atoms with van der Waals surface area (Å²) in [6, 6.07) is 3.13. The summed E-state index contributed by atoms with van der Waals surface area (Å²) in [6.45, 7) is 0.876. The zero-order chi connectivity index (χ0) is 18.9. The summed E-state index contributed by atoms with van der Waals surface area (Å²) in [6.07, 6.45) is -2.44. The van der Waals surface area contributed by atoms with Crippen LogP contribution in [0.4, 0.5) is 27.6 Å². The molecule has 1 heterocycles. The first-order valence-corrected chi connectivity index (χ1v) is 8.58. The van der Waals surface area contributed by atoms with Crippen molar-refractivity contribution in [2.75, 3.05) is 18.4 Å². The average molecular weight is 376 g/mol. The molecule has 0 aromatic heterocycles. The molecule has 3 N–H and O–H groups in total. The van der Waals surface area contributed by atoms with E-state index < -0.39 is 23.7 Å². The van der Waals surface area contributed by atoms with Gasteiger partial charge in [-0.15, -0.1) is 0 Å². The van der Waals surface area contributed by atoms with Crippen molar-refractivity contribution in [1.82, 2.24) is 4.90 Å². The van der Waals surface area contributed by atoms with Gasteiger partial charge in [0.05, 0.1) is 17.6 Å². The molecule has 0 unspecified atom stereocenters. The van der Waals surface area contributed by atoms with E-state index in [9.17, 15) is 22.0 Å². The summed E-state index contributed by atoms with van der Waals surface area (Å²) in [5.74, 6) is -2.43. The van der Waals surface area contributed by atoms with Crippen LogP contribution >= 0.6 is 0 Å². The third-order valence-electron chi connectivity index (χ3n) is 5.11. The van der Waals surface area contributed by atoms with Gasteiger partial charge in [0.25, 0.3) is 0 Å². The molecule has 144 valence electrons. The van der Waals surface area contributed by atoms with Gasteiger partial charge in [0, 0.05) is 12.1 Å². The minimum Gasteiger partial charge on any atom is -0.370 e. The average Bonchev–Trinajstić information content (AvgIpc) is 2.53. The molecule has 1 saturated carbocycles. The normalized spacial score (nSPS) is 25.8. The molecule has 3 rings (SSSR count). The van der Waals surface area contributed by atoms with E-state index in [1.54, 1.807) is 0 Å². The topological polar surface area (TPSA) is 53.6 Å². The van der Waals surface area contributed by atoms with E-state index in [2.05, 4.69) is 15.2 Å². The van der Waals surface area contributed by atoms with Crippen LogP contribution in [0.3, 0.4) is 0 Å². The van der Waals surface area contributed by atoms with Crippen LogP contribution in [0.5, 0.6) is 0 Å². The Morgan fingerprint density at radius 2 is 1.81 bits per heavy atom. The highest BCUT2D eigenvalue weighted by Crippen LogP contribution is 2.37. The Bertz CT molecular complexity index is 662. The molecule has 0 radical (unpaired) electrons. The molecular weight excluding hydrogens is 355 g/mol. The standard InChI is InChI=1S/C17H21F5N4/c18-11-1-2-14(19)15(7-11)25-16(23)24-12-8-13(9-12)26-5-3-10(4-6-26)17(20,21)22/h1-2,7,10,12-13H,3-6,8-9H2,(H3,23,24,25). The number of nitrogens with one attached hydrogen (secondary N) is 1. The number of hydrogen-bond acceptors (Lipinski definition) is 2. The number of hydrogen-bond donors (Lipinski definition) is 2. The van der Waals surface area contributed by atoms with Gasteiger partial charge in [-0.2, -0.15) is 13.2 Å². The molecule has 0 atom stereocenters. The lowest BCUT2D eigenvalue weighted by atomic mass is 9.83. The second kappa shape index (κ2) is 7.38. The quantitative estimate of drug-likeness (QED) is 0.482. The molecular formula is C17H21F5N4. The van der Waals surface area contributed by atoms with Crippen LogP contribution in [0, 0.1) is 17.6 Å². The first-order valence-electron chi connectivity index (χ1n) is 8.58. The van der Waals surface area contributed by atoms with Crippen LogP contribution in [0.2, 0.25) is 0 Å². The Morgan fingerprint density at radius 3 is 2.42 bits per heavy atom. The largest absolute Gasteiger partial charge is 0.391 e. The number of nitrogens with two attached hydrogens (primary N) is 1. The Labute approximate surface area is 148 Å². The summed E-state index contributed by atoms with van der Waals surface area (Å²) < 4.78 is 64.8. The zero-order valence-corrected chi connectivity index (χ0v) is 14.1. The highest BCUT2D eigenvalue weighted by atomic mass is 19.4. The molecule has 26 heavy (non-hydrogen) atoms. The van der Waals surface area contributed by atoms with Crippen molar-refractivity contribution >= 4 is 11.6 Å². The summed E-state index contributed by atoms with van der Waals surface area (Å²) in [5.41, 5.74) is 5.65. The van der Waals surface area contributed by atoms with Crippen molar-refractivity contribution in [3.63, 3.8) is 0 Å². The van der Waals surface area contributed by atoms with E-state index in [0.717, 1.165) is 18.2 Å². The summed E-state index contributed by atoms with van der Waals surface area (Å²) in [7, 11) is 0. The number of alkyl halides is 3. The van der Waals surface area contributed by atoms with E-state index in [4.69, 9.17) is 5.73 Å². The molecule has 0 spiro atoms. The van der Waals surface area contributed by atoms with E-state index in [0.29, 0.717) is 25.9 Å². The van der Waals surface area contributed by atoms with Crippen LogP contribution in [0.25, 0.3) is 0 Å². The molecule has 2 aliphatic rings. The predicted molar refractivity (Wildman–Crippen MR) is 88.8 cm³/mol. The minimum atomic E-state index is -4.11. The van der Waals surface area contributed by atoms with Gasteiger partial charge in [-0.3, -0.25) is 0 Å². The van der Waals surface area contributed by atoms with E-state index in [1.165, 1.54) is 0 Å². The lowest BCUT2D eigenvalue weighted by Gasteiger charge is -2.44. The monoisotopic (exact) mass is 376 g/mol. The number of piperidine rings is 1. The fraction of sp³-hybridized carbons (Fsp3) is 0.588.